The Morgan fingerprint density at radius 1 is 1.39 bits per heavy atom. The van der Waals surface area contributed by atoms with Crippen molar-refractivity contribution in [1.29, 1.82) is 0 Å². The van der Waals surface area contributed by atoms with Crippen molar-refractivity contribution in [2.45, 2.75) is 39.3 Å². The first-order valence-electron chi connectivity index (χ1n) is 6.63. The molecule has 0 saturated carbocycles. The zero-order chi connectivity index (χ0) is 13.3. The quantitative estimate of drug-likeness (QED) is 0.838. The number of hydrogen-bond donors (Lipinski definition) is 2. The van der Waals surface area contributed by atoms with Gasteiger partial charge in [0.15, 0.2) is 0 Å². The van der Waals surface area contributed by atoms with E-state index in [1.165, 1.54) is 16.8 Å². The second kappa shape index (κ2) is 4.90. The van der Waals surface area contributed by atoms with Crippen molar-refractivity contribution in [2.24, 2.45) is 0 Å². The van der Waals surface area contributed by atoms with Crippen LogP contribution in [0.15, 0.2) is 18.2 Å². The first-order chi connectivity index (χ1) is 8.44. The molecule has 1 atom stereocenters. The van der Waals surface area contributed by atoms with E-state index in [-0.39, 0.29) is 18.2 Å². The Bertz CT molecular complexity index is 429. The first kappa shape index (κ1) is 13.4. The summed E-state index contributed by atoms with van der Waals surface area (Å²) in [6.07, 6.45) is 0. The number of benzene rings is 1. The molecule has 2 rings (SSSR count). The smallest absolute Gasteiger partial charge is 0.0601 e. The van der Waals surface area contributed by atoms with Crippen molar-refractivity contribution >= 4 is 5.69 Å². The molecule has 1 aliphatic rings. The third-order valence-electron chi connectivity index (χ3n) is 3.82. The minimum Gasteiger partial charge on any atom is -0.395 e. The summed E-state index contributed by atoms with van der Waals surface area (Å²) >= 11 is 0. The molecule has 1 unspecified atom stereocenters. The molecule has 1 heterocycles. The summed E-state index contributed by atoms with van der Waals surface area (Å²) in [4.78, 5) is 2.42. The number of piperazine rings is 1. The minimum absolute atomic E-state index is 0.0751. The fourth-order valence-electron chi connectivity index (χ4n) is 2.68. The van der Waals surface area contributed by atoms with Gasteiger partial charge in [0.2, 0.25) is 0 Å². The van der Waals surface area contributed by atoms with Crippen LogP contribution in [0.5, 0.6) is 0 Å². The van der Waals surface area contributed by atoms with Crippen LogP contribution in [-0.4, -0.2) is 36.4 Å². The summed E-state index contributed by atoms with van der Waals surface area (Å²) in [5.41, 5.74) is 3.96. The van der Waals surface area contributed by atoms with E-state index in [9.17, 15) is 5.11 Å². The molecule has 3 nitrogen and oxygen atoms in total. The van der Waals surface area contributed by atoms with E-state index < -0.39 is 0 Å². The van der Waals surface area contributed by atoms with Crippen LogP contribution in [0.3, 0.4) is 0 Å². The van der Waals surface area contributed by atoms with E-state index in [2.05, 4.69) is 56.1 Å². The van der Waals surface area contributed by atoms with Crippen molar-refractivity contribution in [2.75, 3.05) is 24.6 Å². The molecule has 18 heavy (non-hydrogen) atoms. The van der Waals surface area contributed by atoms with E-state index in [1.54, 1.807) is 0 Å². The average Bonchev–Trinajstić information content (AvgIpc) is 2.30. The predicted molar refractivity (Wildman–Crippen MR) is 76.2 cm³/mol. The van der Waals surface area contributed by atoms with Gasteiger partial charge < -0.3 is 15.3 Å². The Labute approximate surface area is 110 Å². The summed E-state index contributed by atoms with van der Waals surface area (Å²) in [7, 11) is 0. The highest BCUT2D eigenvalue weighted by Crippen LogP contribution is 2.29. The number of nitrogens with one attached hydrogen (secondary N) is 1. The monoisotopic (exact) mass is 248 g/mol. The van der Waals surface area contributed by atoms with Gasteiger partial charge in [-0.25, -0.2) is 0 Å². The van der Waals surface area contributed by atoms with E-state index in [0.29, 0.717) is 0 Å². The summed E-state index contributed by atoms with van der Waals surface area (Å²) in [6, 6.07) is 6.75. The summed E-state index contributed by atoms with van der Waals surface area (Å²) in [5, 5.41) is 12.7. The van der Waals surface area contributed by atoms with E-state index in [1.807, 2.05) is 0 Å². The molecule has 1 aromatic carbocycles. The number of hydrogen-bond acceptors (Lipinski definition) is 3. The molecule has 0 bridgehead atoms. The number of aryl methyl sites for hydroxylation is 2. The number of anilines is 1. The van der Waals surface area contributed by atoms with Crippen LogP contribution in [0.25, 0.3) is 0 Å². The maximum absolute atomic E-state index is 9.35. The van der Waals surface area contributed by atoms with Gasteiger partial charge in [-0.1, -0.05) is 17.7 Å². The molecule has 2 N–H and O–H groups in total. The van der Waals surface area contributed by atoms with Gasteiger partial charge in [0.1, 0.15) is 0 Å². The highest BCUT2D eigenvalue weighted by molar-refractivity contribution is 5.57. The standard InChI is InChI=1S/C15H24N2O/c1-11-5-6-14(12(2)7-11)17-8-13(9-18)16-10-15(17,3)4/h5-7,13,16,18H,8-10H2,1-4H3. The fourth-order valence-corrected chi connectivity index (χ4v) is 2.68. The molecular weight excluding hydrogens is 224 g/mol. The zero-order valence-electron chi connectivity index (χ0n) is 11.8. The van der Waals surface area contributed by atoms with E-state index >= 15 is 0 Å². The predicted octanol–water partition coefficient (Wildman–Crippen LogP) is 1.85. The number of aliphatic hydroxyl groups is 1. The van der Waals surface area contributed by atoms with Gasteiger partial charge in [0.05, 0.1) is 6.61 Å². The molecule has 0 amide bonds. The lowest BCUT2D eigenvalue weighted by Gasteiger charge is -2.48. The van der Waals surface area contributed by atoms with Gasteiger partial charge in [-0.15, -0.1) is 0 Å². The molecule has 1 aromatic rings. The van der Waals surface area contributed by atoms with Crippen molar-refractivity contribution in [1.82, 2.24) is 5.32 Å². The second-order valence-electron chi connectivity index (χ2n) is 5.97. The Balaban J connectivity index is 2.33. The van der Waals surface area contributed by atoms with Crippen LogP contribution >= 0.6 is 0 Å². The fraction of sp³-hybridized carbons (Fsp3) is 0.600. The Kier molecular flexibility index (Phi) is 3.64. The number of aliphatic hydroxyl groups excluding tert-OH is 1. The van der Waals surface area contributed by atoms with Gasteiger partial charge in [-0.2, -0.15) is 0 Å². The van der Waals surface area contributed by atoms with Gasteiger partial charge in [0, 0.05) is 30.4 Å². The lowest BCUT2D eigenvalue weighted by Crippen LogP contribution is -2.63. The van der Waals surface area contributed by atoms with Gasteiger partial charge >= 0.3 is 0 Å². The Morgan fingerprint density at radius 3 is 2.72 bits per heavy atom. The Hall–Kier alpha value is -1.06. The molecular formula is C15H24N2O. The third-order valence-corrected chi connectivity index (χ3v) is 3.82. The van der Waals surface area contributed by atoms with Crippen molar-refractivity contribution in [3.8, 4) is 0 Å². The molecule has 0 aliphatic carbocycles. The van der Waals surface area contributed by atoms with Crippen LogP contribution in [0.4, 0.5) is 5.69 Å². The number of rotatable bonds is 2. The SMILES string of the molecule is Cc1ccc(N2CC(CO)NCC2(C)C)c(C)c1. The molecule has 3 heteroatoms. The lowest BCUT2D eigenvalue weighted by molar-refractivity contribution is 0.210. The summed E-state index contributed by atoms with van der Waals surface area (Å²) in [5.74, 6) is 0. The normalized spacial score (nSPS) is 23.2. The van der Waals surface area contributed by atoms with Crippen LogP contribution < -0.4 is 10.2 Å². The topological polar surface area (TPSA) is 35.5 Å². The van der Waals surface area contributed by atoms with E-state index in [4.69, 9.17) is 0 Å². The lowest BCUT2D eigenvalue weighted by atomic mass is 9.95. The number of nitrogens with zero attached hydrogens (tertiary/aromatic N) is 1. The maximum atomic E-state index is 9.35. The van der Waals surface area contributed by atoms with Crippen molar-refractivity contribution in [3.63, 3.8) is 0 Å². The maximum Gasteiger partial charge on any atom is 0.0601 e. The van der Waals surface area contributed by atoms with Gasteiger partial charge in [0.25, 0.3) is 0 Å². The molecule has 0 aromatic heterocycles. The molecule has 0 radical (unpaired) electrons. The highest BCUT2D eigenvalue weighted by atomic mass is 16.3. The van der Waals surface area contributed by atoms with Crippen LogP contribution in [0, 0.1) is 13.8 Å². The minimum atomic E-state index is 0.0751. The van der Waals surface area contributed by atoms with Crippen LogP contribution in [0.1, 0.15) is 25.0 Å². The molecule has 1 aliphatic heterocycles. The van der Waals surface area contributed by atoms with Gasteiger partial charge in [-0.3, -0.25) is 0 Å². The van der Waals surface area contributed by atoms with Gasteiger partial charge in [-0.05, 0) is 39.3 Å². The van der Waals surface area contributed by atoms with E-state index in [0.717, 1.165) is 13.1 Å². The summed E-state index contributed by atoms with van der Waals surface area (Å²) < 4.78 is 0. The third kappa shape index (κ3) is 2.52. The average molecular weight is 248 g/mol. The second-order valence-corrected chi connectivity index (χ2v) is 5.97. The van der Waals surface area contributed by atoms with Crippen LogP contribution in [-0.2, 0) is 0 Å². The molecule has 1 saturated heterocycles. The first-order valence-corrected chi connectivity index (χ1v) is 6.63. The zero-order valence-corrected chi connectivity index (χ0v) is 11.8. The molecule has 1 fully saturated rings. The Morgan fingerprint density at radius 2 is 2.11 bits per heavy atom. The summed E-state index contributed by atoms with van der Waals surface area (Å²) in [6.45, 7) is 10.7. The van der Waals surface area contributed by atoms with Crippen LogP contribution in [0.2, 0.25) is 0 Å². The van der Waals surface area contributed by atoms with Crippen molar-refractivity contribution in [3.05, 3.63) is 29.3 Å². The highest BCUT2D eigenvalue weighted by Gasteiger charge is 2.34. The molecule has 0 spiro atoms. The molecule has 100 valence electrons. The van der Waals surface area contributed by atoms with Crippen molar-refractivity contribution < 1.29 is 5.11 Å². The largest absolute Gasteiger partial charge is 0.395 e.